The highest BCUT2D eigenvalue weighted by Gasteiger charge is 2.05. The summed E-state index contributed by atoms with van der Waals surface area (Å²) in [5.41, 5.74) is 10.5. The van der Waals surface area contributed by atoms with Crippen molar-refractivity contribution in [2.24, 2.45) is 0 Å². The monoisotopic (exact) mass is 224 g/mol. The SMILES string of the molecule is Cc1cc2nc(-c3cccnc3)cn2cc1N. The van der Waals surface area contributed by atoms with Crippen molar-refractivity contribution in [3.8, 4) is 11.3 Å². The van der Waals surface area contributed by atoms with Crippen molar-refractivity contribution in [1.29, 1.82) is 0 Å². The molecule has 0 saturated heterocycles. The van der Waals surface area contributed by atoms with Crippen LogP contribution in [0, 0.1) is 6.92 Å². The third kappa shape index (κ3) is 1.63. The summed E-state index contributed by atoms with van der Waals surface area (Å²) in [6.45, 7) is 1.98. The zero-order valence-electron chi connectivity index (χ0n) is 9.46. The second kappa shape index (κ2) is 3.59. The maximum atomic E-state index is 5.87. The van der Waals surface area contributed by atoms with E-state index in [4.69, 9.17) is 5.73 Å². The number of nitrogens with zero attached hydrogens (tertiary/aromatic N) is 3. The van der Waals surface area contributed by atoms with Crippen LogP contribution in [0.3, 0.4) is 0 Å². The van der Waals surface area contributed by atoms with Gasteiger partial charge in [-0.3, -0.25) is 4.98 Å². The van der Waals surface area contributed by atoms with Gasteiger partial charge in [-0.05, 0) is 30.7 Å². The molecule has 0 atom stereocenters. The summed E-state index contributed by atoms with van der Waals surface area (Å²) in [5, 5.41) is 0. The smallest absolute Gasteiger partial charge is 0.137 e. The molecule has 3 heterocycles. The first kappa shape index (κ1) is 9.84. The van der Waals surface area contributed by atoms with E-state index >= 15 is 0 Å². The van der Waals surface area contributed by atoms with E-state index in [1.54, 1.807) is 12.4 Å². The Kier molecular flexibility index (Phi) is 2.08. The Balaban J connectivity index is 2.21. The van der Waals surface area contributed by atoms with Crippen LogP contribution in [0.15, 0.2) is 43.0 Å². The second-order valence-electron chi connectivity index (χ2n) is 4.05. The fraction of sp³-hybridized carbons (Fsp3) is 0.0769. The summed E-state index contributed by atoms with van der Waals surface area (Å²) in [6, 6.07) is 5.87. The molecule has 4 heteroatoms. The number of nitrogen functional groups attached to an aromatic ring is 1. The third-order valence-electron chi connectivity index (χ3n) is 2.80. The number of aromatic nitrogens is 3. The lowest BCUT2D eigenvalue weighted by atomic mass is 10.2. The first-order valence-corrected chi connectivity index (χ1v) is 5.39. The van der Waals surface area contributed by atoms with Crippen LogP contribution in [0.25, 0.3) is 16.9 Å². The van der Waals surface area contributed by atoms with Crippen LogP contribution in [0.4, 0.5) is 5.69 Å². The highest BCUT2D eigenvalue weighted by atomic mass is 15.0. The van der Waals surface area contributed by atoms with Gasteiger partial charge in [0.05, 0.1) is 11.4 Å². The molecule has 3 rings (SSSR count). The molecular formula is C13H12N4. The van der Waals surface area contributed by atoms with Gasteiger partial charge in [0, 0.05) is 30.4 Å². The summed E-state index contributed by atoms with van der Waals surface area (Å²) < 4.78 is 1.94. The Bertz CT molecular complexity index is 631. The Morgan fingerprint density at radius 2 is 2.18 bits per heavy atom. The number of imidazole rings is 1. The lowest BCUT2D eigenvalue weighted by Crippen LogP contribution is -1.93. The van der Waals surface area contributed by atoms with Crippen molar-refractivity contribution in [3.63, 3.8) is 0 Å². The third-order valence-corrected chi connectivity index (χ3v) is 2.80. The molecule has 0 aromatic carbocycles. The molecule has 0 aliphatic heterocycles. The van der Waals surface area contributed by atoms with Gasteiger partial charge in [-0.1, -0.05) is 0 Å². The van der Waals surface area contributed by atoms with E-state index in [1.807, 2.05) is 41.9 Å². The highest BCUT2D eigenvalue weighted by molar-refractivity contribution is 5.63. The maximum absolute atomic E-state index is 5.87. The first-order valence-electron chi connectivity index (χ1n) is 5.39. The molecule has 0 saturated carbocycles. The van der Waals surface area contributed by atoms with E-state index in [2.05, 4.69) is 9.97 Å². The molecule has 2 N–H and O–H groups in total. The molecule has 0 spiro atoms. The number of hydrogen-bond donors (Lipinski definition) is 1. The van der Waals surface area contributed by atoms with E-state index in [-0.39, 0.29) is 0 Å². The number of pyridine rings is 2. The molecule has 84 valence electrons. The molecule has 0 aliphatic carbocycles. The Labute approximate surface area is 98.8 Å². The topological polar surface area (TPSA) is 56.2 Å². The van der Waals surface area contributed by atoms with E-state index in [0.29, 0.717) is 0 Å². The van der Waals surface area contributed by atoms with Crippen LogP contribution in [0.1, 0.15) is 5.56 Å². The zero-order chi connectivity index (χ0) is 11.8. The van der Waals surface area contributed by atoms with E-state index < -0.39 is 0 Å². The molecule has 0 radical (unpaired) electrons. The number of fused-ring (bicyclic) bond motifs is 1. The quantitative estimate of drug-likeness (QED) is 0.690. The van der Waals surface area contributed by atoms with Gasteiger partial charge in [0.25, 0.3) is 0 Å². The van der Waals surface area contributed by atoms with Crippen molar-refractivity contribution in [2.45, 2.75) is 6.92 Å². The summed E-state index contributed by atoms with van der Waals surface area (Å²) in [6.07, 6.45) is 7.40. The van der Waals surface area contributed by atoms with Gasteiger partial charge in [0.1, 0.15) is 5.65 Å². The Morgan fingerprint density at radius 3 is 2.94 bits per heavy atom. The fourth-order valence-corrected chi connectivity index (χ4v) is 1.80. The molecule has 3 aromatic rings. The summed E-state index contributed by atoms with van der Waals surface area (Å²) >= 11 is 0. The van der Waals surface area contributed by atoms with Gasteiger partial charge in [-0.2, -0.15) is 0 Å². The van der Waals surface area contributed by atoms with Crippen molar-refractivity contribution in [1.82, 2.24) is 14.4 Å². The molecular weight excluding hydrogens is 212 g/mol. The Hall–Kier alpha value is -2.36. The summed E-state index contributed by atoms with van der Waals surface area (Å²) in [5.74, 6) is 0. The van der Waals surface area contributed by atoms with Gasteiger partial charge in [-0.15, -0.1) is 0 Å². The van der Waals surface area contributed by atoms with Gasteiger partial charge in [0.2, 0.25) is 0 Å². The minimum absolute atomic E-state index is 0.771. The molecule has 0 unspecified atom stereocenters. The predicted octanol–water partition coefficient (Wildman–Crippen LogP) is 2.29. The predicted molar refractivity (Wildman–Crippen MR) is 67.6 cm³/mol. The summed E-state index contributed by atoms with van der Waals surface area (Å²) in [7, 11) is 0. The largest absolute Gasteiger partial charge is 0.397 e. The number of nitrogens with two attached hydrogens (primary N) is 1. The lowest BCUT2D eigenvalue weighted by Gasteiger charge is -1.99. The number of anilines is 1. The molecule has 3 aromatic heterocycles. The van der Waals surface area contributed by atoms with Crippen molar-refractivity contribution in [2.75, 3.05) is 5.73 Å². The molecule has 0 aliphatic rings. The summed E-state index contributed by atoms with van der Waals surface area (Å²) in [4.78, 5) is 8.64. The van der Waals surface area contributed by atoms with Crippen molar-refractivity contribution >= 4 is 11.3 Å². The van der Waals surface area contributed by atoms with Crippen LogP contribution < -0.4 is 5.73 Å². The van der Waals surface area contributed by atoms with Crippen LogP contribution in [0.5, 0.6) is 0 Å². The minimum atomic E-state index is 0.771. The number of rotatable bonds is 1. The molecule has 0 fully saturated rings. The highest BCUT2D eigenvalue weighted by Crippen LogP contribution is 2.20. The number of hydrogen-bond acceptors (Lipinski definition) is 3. The number of aryl methyl sites for hydroxylation is 1. The van der Waals surface area contributed by atoms with Gasteiger partial charge in [-0.25, -0.2) is 4.98 Å². The van der Waals surface area contributed by atoms with Gasteiger partial charge < -0.3 is 10.1 Å². The first-order chi connectivity index (χ1) is 8.24. The van der Waals surface area contributed by atoms with Crippen molar-refractivity contribution in [3.05, 3.63) is 48.5 Å². The normalized spacial score (nSPS) is 10.9. The minimum Gasteiger partial charge on any atom is -0.397 e. The van der Waals surface area contributed by atoms with E-state index in [0.717, 1.165) is 28.2 Å². The molecule has 0 bridgehead atoms. The van der Waals surface area contributed by atoms with E-state index in [1.165, 1.54) is 0 Å². The molecule has 4 nitrogen and oxygen atoms in total. The standard InChI is InChI=1S/C13H12N4/c1-9-5-13-16-12(8-17(13)7-11(9)14)10-3-2-4-15-6-10/h2-8H,14H2,1H3. The maximum Gasteiger partial charge on any atom is 0.137 e. The molecule has 0 amide bonds. The Morgan fingerprint density at radius 1 is 1.29 bits per heavy atom. The van der Waals surface area contributed by atoms with Crippen molar-refractivity contribution < 1.29 is 0 Å². The van der Waals surface area contributed by atoms with Crippen LogP contribution in [0.2, 0.25) is 0 Å². The van der Waals surface area contributed by atoms with E-state index in [9.17, 15) is 0 Å². The molecule has 17 heavy (non-hydrogen) atoms. The second-order valence-corrected chi connectivity index (χ2v) is 4.05. The lowest BCUT2D eigenvalue weighted by molar-refractivity contribution is 1.17. The average molecular weight is 224 g/mol. The fourth-order valence-electron chi connectivity index (χ4n) is 1.80. The van der Waals surface area contributed by atoms with Crippen LogP contribution in [-0.2, 0) is 0 Å². The van der Waals surface area contributed by atoms with Gasteiger partial charge in [0.15, 0.2) is 0 Å². The average Bonchev–Trinajstić information content (AvgIpc) is 2.74. The zero-order valence-corrected chi connectivity index (χ0v) is 9.46. The van der Waals surface area contributed by atoms with Gasteiger partial charge >= 0.3 is 0 Å². The van der Waals surface area contributed by atoms with Crippen LogP contribution >= 0.6 is 0 Å². The van der Waals surface area contributed by atoms with Crippen LogP contribution in [-0.4, -0.2) is 14.4 Å².